The monoisotopic (exact) mass is 347 g/mol. The zero-order valence-corrected chi connectivity index (χ0v) is 17.5. The Morgan fingerprint density at radius 3 is 2.32 bits per heavy atom. The van der Waals surface area contributed by atoms with Crippen molar-refractivity contribution in [3.05, 3.63) is 23.5 Å². The molecule has 1 aliphatic carbocycles. The maximum absolute atomic E-state index is 13.5. The number of hydrogen-bond acceptors (Lipinski definition) is 2. The number of rotatable bonds is 4. The van der Waals surface area contributed by atoms with Gasteiger partial charge in [-0.25, -0.2) is 0 Å². The van der Waals surface area contributed by atoms with Crippen molar-refractivity contribution in [2.45, 2.75) is 85.2 Å². The summed E-state index contributed by atoms with van der Waals surface area (Å²) >= 11 is 0. The van der Waals surface area contributed by atoms with Crippen LogP contribution in [0.1, 0.15) is 74.1 Å². The number of piperidine rings is 1. The molecule has 0 aromatic rings. The molecule has 3 heteroatoms. The number of allylic oxidation sites excluding steroid dienone is 2. The van der Waals surface area contributed by atoms with Crippen LogP contribution < -0.4 is 0 Å². The van der Waals surface area contributed by atoms with Crippen LogP contribution in [0.25, 0.3) is 0 Å². The molecule has 3 atom stereocenters. The van der Waals surface area contributed by atoms with Crippen LogP contribution in [0.2, 0.25) is 0 Å². The second-order valence-electron chi connectivity index (χ2n) is 9.26. The molecule has 1 unspecified atom stereocenters. The highest BCUT2D eigenvalue weighted by atomic mass is 16.5. The first-order valence-corrected chi connectivity index (χ1v) is 9.87. The Hall–Kier alpha value is -1.25. The Kier molecular flexibility index (Phi) is 5.75. The van der Waals surface area contributed by atoms with E-state index in [2.05, 4.69) is 59.4 Å². The van der Waals surface area contributed by atoms with Crippen molar-refractivity contribution in [2.75, 3.05) is 7.11 Å². The van der Waals surface area contributed by atoms with Crippen molar-refractivity contribution in [3.63, 3.8) is 0 Å². The Labute approximate surface area is 154 Å². The van der Waals surface area contributed by atoms with Gasteiger partial charge in [0, 0.05) is 22.6 Å². The van der Waals surface area contributed by atoms with Crippen molar-refractivity contribution < 1.29 is 9.53 Å². The third kappa shape index (κ3) is 3.80. The molecule has 1 heterocycles. The molecular formula is C22H37NO2. The largest absolute Gasteiger partial charge is 0.501 e. The highest BCUT2D eigenvalue weighted by Gasteiger charge is 2.45. The first kappa shape index (κ1) is 20.1. The average molecular weight is 348 g/mol. The summed E-state index contributed by atoms with van der Waals surface area (Å²) in [5.74, 6) is 2.31. The zero-order valence-electron chi connectivity index (χ0n) is 17.5. The molecule has 2 aliphatic rings. The van der Waals surface area contributed by atoms with Gasteiger partial charge in [0.25, 0.3) is 5.91 Å². The molecule has 1 aliphatic heterocycles. The van der Waals surface area contributed by atoms with E-state index in [0.29, 0.717) is 17.8 Å². The third-order valence-corrected chi connectivity index (χ3v) is 6.37. The summed E-state index contributed by atoms with van der Waals surface area (Å²) in [6.07, 6.45) is 8.57. The molecule has 1 saturated heterocycles. The van der Waals surface area contributed by atoms with E-state index in [0.717, 1.165) is 30.6 Å². The summed E-state index contributed by atoms with van der Waals surface area (Å²) in [7, 11) is 1.73. The van der Waals surface area contributed by atoms with Crippen LogP contribution in [-0.4, -0.2) is 29.0 Å². The molecule has 142 valence electrons. The summed E-state index contributed by atoms with van der Waals surface area (Å²) in [6, 6.07) is 0. The van der Waals surface area contributed by atoms with Crippen LogP contribution in [0.15, 0.2) is 23.5 Å². The van der Waals surface area contributed by atoms with E-state index in [-0.39, 0.29) is 17.0 Å². The van der Waals surface area contributed by atoms with Gasteiger partial charge >= 0.3 is 0 Å². The van der Waals surface area contributed by atoms with Gasteiger partial charge in [0.2, 0.25) is 0 Å². The average Bonchev–Trinajstić information content (AvgIpc) is 2.51. The predicted octanol–water partition coefficient (Wildman–Crippen LogP) is 5.32. The smallest absolute Gasteiger partial charge is 0.254 e. The minimum Gasteiger partial charge on any atom is -0.501 e. The fourth-order valence-electron chi connectivity index (χ4n) is 5.00. The van der Waals surface area contributed by atoms with E-state index in [1.807, 2.05) is 6.08 Å². The van der Waals surface area contributed by atoms with Crippen molar-refractivity contribution in [1.82, 2.24) is 4.90 Å². The summed E-state index contributed by atoms with van der Waals surface area (Å²) in [5.41, 5.74) is 0.571. The second-order valence-corrected chi connectivity index (χ2v) is 9.26. The van der Waals surface area contributed by atoms with Crippen molar-refractivity contribution in [3.8, 4) is 0 Å². The lowest BCUT2D eigenvalue weighted by Crippen LogP contribution is -2.61. The fraction of sp³-hybridized carbons (Fsp3) is 0.773. The number of carbonyl (C=O) groups is 1. The Morgan fingerprint density at radius 1 is 1.28 bits per heavy atom. The first-order chi connectivity index (χ1) is 11.5. The number of ether oxygens (including phenoxy) is 1. The lowest BCUT2D eigenvalue weighted by molar-refractivity contribution is -0.144. The van der Waals surface area contributed by atoms with Gasteiger partial charge < -0.3 is 9.64 Å². The van der Waals surface area contributed by atoms with Gasteiger partial charge in [-0.1, -0.05) is 33.3 Å². The van der Waals surface area contributed by atoms with E-state index in [4.69, 9.17) is 4.74 Å². The lowest BCUT2D eigenvalue weighted by atomic mass is 9.75. The van der Waals surface area contributed by atoms with E-state index in [1.165, 1.54) is 6.42 Å². The van der Waals surface area contributed by atoms with Gasteiger partial charge in [0.15, 0.2) is 0 Å². The highest BCUT2D eigenvalue weighted by Crippen LogP contribution is 2.42. The number of carbonyl (C=O) groups excluding carboxylic acids is 1. The van der Waals surface area contributed by atoms with E-state index in [1.54, 1.807) is 7.11 Å². The minimum absolute atomic E-state index is 0.114. The van der Waals surface area contributed by atoms with Gasteiger partial charge in [-0.15, -0.1) is 0 Å². The number of nitrogens with zero attached hydrogens (tertiary/aromatic N) is 1. The van der Waals surface area contributed by atoms with Crippen LogP contribution >= 0.6 is 0 Å². The molecule has 0 aromatic carbocycles. The molecular weight excluding hydrogens is 310 g/mol. The number of methoxy groups -OCH3 is 1. The van der Waals surface area contributed by atoms with E-state index in [9.17, 15) is 4.79 Å². The minimum atomic E-state index is -0.114. The molecule has 2 rings (SSSR count). The van der Waals surface area contributed by atoms with Gasteiger partial charge in [-0.05, 0) is 64.9 Å². The zero-order chi connectivity index (χ0) is 19.0. The standard InChI is InChI=1S/C22H37NO2/c1-9-15(2)19-16(3)13-17(14-18(19)25-8)20(24)23-21(4,5)11-10-12-22(23,6)7/h13-16,19H,9-12H2,1-8H3/t15?,16-,19+/m0/s1. The van der Waals surface area contributed by atoms with Crippen molar-refractivity contribution >= 4 is 5.91 Å². The number of hydrogen-bond donors (Lipinski definition) is 0. The molecule has 0 aromatic heterocycles. The first-order valence-electron chi connectivity index (χ1n) is 9.87. The maximum atomic E-state index is 13.5. The third-order valence-electron chi connectivity index (χ3n) is 6.37. The van der Waals surface area contributed by atoms with Crippen LogP contribution in [0, 0.1) is 17.8 Å². The molecule has 3 nitrogen and oxygen atoms in total. The molecule has 0 radical (unpaired) electrons. The van der Waals surface area contributed by atoms with Crippen LogP contribution in [0.5, 0.6) is 0 Å². The van der Waals surface area contributed by atoms with Crippen LogP contribution in [-0.2, 0) is 9.53 Å². The molecule has 0 bridgehead atoms. The van der Waals surface area contributed by atoms with Gasteiger partial charge in [-0.2, -0.15) is 0 Å². The Balaban J connectivity index is 2.37. The van der Waals surface area contributed by atoms with Crippen LogP contribution in [0.4, 0.5) is 0 Å². The summed E-state index contributed by atoms with van der Waals surface area (Å²) in [6.45, 7) is 15.5. The topological polar surface area (TPSA) is 29.5 Å². The van der Waals surface area contributed by atoms with Crippen molar-refractivity contribution in [2.24, 2.45) is 17.8 Å². The van der Waals surface area contributed by atoms with Gasteiger partial charge in [0.1, 0.15) is 5.76 Å². The molecule has 1 fully saturated rings. The quantitative estimate of drug-likeness (QED) is 0.688. The number of amides is 1. The summed E-state index contributed by atoms with van der Waals surface area (Å²) < 4.78 is 5.72. The van der Waals surface area contributed by atoms with E-state index >= 15 is 0 Å². The predicted molar refractivity (Wildman–Crippen MR) is 104 cm³/mol. The lowest BCUT2D eigenvalue weighted by Gasteiger charge is -2.53. The summed E-state index contributed by atoms with van der Waals surface area (Å²) in [4.78, 5) is 15.6. The molecule has 0 saturated carbocycles. The Morgan fingerprint density at radius 2 is 1.84 bits per heavy atom. The van der Waals surface area contributed by atoms with E-state index < -0.39 is 0 Å². The van der Waals surface area contributed by atoms with Crippen LogP contribution in [0.3, 0.4) is 0 Å². The van der Waals surface area contributed by atoms with Gasteiger partial charge in [-0.3, -0.25) is 4.79 Å². The number of likely N-dealkylation sites (tertiary alicyclic amines) is 1. The normalized spacial score (nSPS) is 29.5. The Bertz CT molecular complexity index is 555. The molecule has 1 amide bonds. The second kappa shape index (κ2) is 7.17. The SMILES string of the molecule is CCC(C)[C@H]1C(OC)=CC(C(=O)N2C(C)(C)CCCC2(C)C)=C[C@@H]1C. The highest BCUT2D eigenvalue weighted by molar-refractivity contribution is 5.97. The maximum Gasteiger partial charge on any atom is 0.254 e. The van der Waals surface area contributed by atoms with Crippen molar-refractivity contribution in [1.29, 1.82) is 0 Å². The summed E-state index contributed by atoms with van der Waals surface area (Å²) in [5, 5.41) is 0. The fourth-order valence-corrected chi connectivity index (χ4v) is 5.00. The molecule has 25 heavy (non-hydrogen) atoms. The molecule has 0 spiro atoms. The van der Waals surface area contributed by atoms with Gasteiger partial charge in [0.05, 0.1) is 7.11 Å². The molecule has 0 N–H and O–H groups in total.